The number of hydrogen-bond acceptors (Lipinski definition) is 5. The van der Waals surface area contributed by atoms with E-state index in [1.807, 2.05) is 45.2 Å². The molecule has 1 rings (SSSR count). The van der Waals surface area contributed by atoms with Crippen LogP contribution in [0.4, 0.5) is 5.69 Å². The Balaban J connectivity index is 3.43. The number of hydrogen-bond donors (Lipinski definition) is 5. The van der Waals surface area contributed by atoms with Crippen LogP contribution in [0.1, 0.15) is 27.6 Å². The van der Waals surface area contributed by atoms with E-state index < -0.39 is 29.9 Å². The number of amides is 2. The molecule has 1 aromatic rings. The summed E-state index contributed by atoms with van der Waals surface area (Å²) < 4.78 is 0.927. The molecule has 24 heavy (non-hydrogen) atoms. The van der Waals surface area contributed by atoms with E-state index in [1.165, 1.54) is 14.0 Å². The number of aliphatic hydroxyl groups excluding tert-OH is 1. The second-order valence-electron chi connectivity index (χ2n) is 4.72. The molecule has 132 valence electrons. The number of anilines is 1. The molecular formula is C13H14I3N3O5. The third-order valence-electron chi connectivity index (χ3n) is 3.09. The molecular weight excluding hydrogens is 659 g/mol. The molecule has 11 heteroatoms. The van der Waals surface area contributed by atoms with E-state index in [0.29, 0.717) is 7.14 Å². The molecule has 0 spiro atoms. The Bertz CT molecular complexity index is 709. The zero-order valence-corrected chi connectivity index (χ0v) is 19.0. The lowest BCUT2D eigenvalue weighted by Gasteiger charge is -2.21. The summed E-state index contributed by atoms with van der Waals surface area (Å²) in [5, 5.41) is 23.8. The molecule has 0 aromatic heterocycles. The maximum atomic E-state index is 12.6. The summed E-state index contributed by atoms with van der Waals surface area (Å²) in [5.41, 5.74) is 6.07. The monoisotopic (exact) mass is 673 g/mol. The van der Waals surface area contributed by atoms with E-state index in [1.54, 1.807) is 22.6 Å². The van der Waals surface area contributed by atoms with E-state index in [-0.39, 0.29) is 20.4 Å². The SMILES string of the molecule is CNC(=O)C(NC(=O)c1c(I)c(N)c(I)c(C(=O)O)c1I)C(C)O. The number of rotatable bonds is 5. The lowest BCUT2D eigenvalue weighted by molar-refractivity contribution is -0.124. The van der Waals surface area contributed by atoms with Crippen molar-refractivity contribution in [3.8, 4) is 0 Å². The molecule has 0 saturated carbocycles. The molecule has 0 bridgehead atoms. The van der Waals surface area contributed by atoms with Gasteiger partial charge in [-0.2, -0.15) is 0 Å². The second-order valence-corrected chi connectivity index (χ2v) is 7.95. The van der Waals surface area contributed by atoms with Crippen molar-refractivity contribution in [1.29, 1.82) is 0 Å². The van der Waals surface area contributed by atoms with Crippen molar-refractivity contribution in [2.24, 2.45) is 0 Å². The molecule has 6 N–H and O–H groups in total. The number of halogens is 3. The first kappa shape index (κ1) is 21.6. The molecule has 2 atom stereocenters. The van der Waals surface area contributed by atoms with Gasteiger partial charge in [0.05, 0.1) is 30.1 Å². The summed E-state index contributed by atoms with van der Waals surface area (Å²) in [6, 6.07) is -1.18. The van der Waals surface area contributed by atoms with Crippen LogP contribution in [0.25, 0.3) is 0 Å². The van der Waals surface area contributed by atoms with Gasteiger partial charge in [-0.15, -0.1) is 0 Å². The Morgan fingerprint density at radius 1 is 1.08 bits per heavy atom. The number of nitrogen functional groups attached to an aromatic ring is 1. The van der Waals surface area contributed by atoms with Crippen molar-refractivity contribution in [1.82, 2.24) is 10.6 Å². The largest absolute Gasteiger partial charge is 0.478 e. The summed E-state index contributed by atoms with van der Waals surface area (Å²) in [7, 11) is 1.38. The molecule has 0 aliphatic heterocycles. The van der Waals surface area contributed by atoms with Crippen LogP contribution in [0.3, 0.4) is 0 Å². The highest BCUT2D eigenvalue weighted by Crippen LogP contribution is 2.33. The van der Waals surface area contributed by atoms with Gasteiger partial charge >= 0.3 is 5.97 Å². The molecule has 2 unspecified atom stereocenters. The molecule has 0 radical (unpaired) electrons. The van der Waals surface area contributed by atoms with Crippen LogP contribution in [0.2, 0.25) is 0 Å². The molecule has 2 amide bonds. The summed E-state index contributed by atoms with van der Waals surface area (Å²) in [5.74, 6) is -2.47. The van der Waals surface area contributed by atoms with Crippen molar-refractivity contribution in [3.05, 3.63) is 21.8 Å². The molecule has 0 heterocycles. The van der Waals surface area contributed by atoms with Gasteiger partial charge in [0.2, 0.25) is 5.91 Å². The Kier molecular flexibility index (Phi) is 7.92. The molecule has 0 fully saturated rings. The van der Waals surface area contributed by atoms with Gasteiger partial charge < -0.3 is 26.6 Å². The third kappa shape index (κ3) is 4.40. The number of carbonyl (C=O) groups is 3. The van der Waals surface area contributed by atoms with E-state index in [4.69, 9.17) is 5.73 Å². The number of nitrogens with one attached hydrogen (secondary N) is 2. The minimum atomic E-state index is -1.21. The minimum Gasteiger partial charge on any atom is -0.478 e. The van der Waals surface area contributed by atoms with Crippen LogP contribution in [0.15, 0.2) is 0 Å². The molecule has 0 aliphatic rings. The maximum Gasteiger partial charge on any atom is 0.337 e. The van der Waals surface area contributed by atoms with Gasteiger partial charge in [-0.05, 0) is 74.7 Å². The average Bonchev–Trinajstić information content (AvgIpc) is 2.49. The van der Waals surface area contributed by atoms with Crippen molar-refractivity contribution < 1.29 is 24.6 Å². The summed E-state index contributed by atoms with van der Waals surface area (Å²) in [6.07, 6.45) is -1.13. The fourth-order valence-corrected chi connectivity index (χ4v) is 5.96. The van der Waals surface area contributed by atoms with E-state index in [2.05, 4.69) is 10.6 Å². The first-order valence-corrected chi connectivity index (χ1v) is 9.67. The van der Waals surface area contributed by atoms with Crippen molar-refractivity contribution >= 4 is 91.2 Å². The number of benzene rings is 1. The number of aromatic carboxylic acids is 1. The number of nitrogens with two attached hydrogens (primary N) is 1. The topological polar surface area (TPSA) is 142 Å². The van der Waals surface area contributed by atoms with E-state index >= 15 is 0 Å². The van der Waals surface area contributed by atoms with Crippen LogP contribution in [0, 0.1) is 10.7 Å². The number of carboxylic acids is 1. The molecule has 8 nitrogen and oxygen atoms in total. The maximum absolute atomic E-state index is 12.6. The Hall–Kier alpha value is -0.420. The van der Waals surface area contributed by atoms with Crippen LogP contribution in [0.5, 0.6) is 0 Å². The van der Waals surface area contributed by atoms with Crippen molar-refractivity contribution in [3.63, 3.8) is 0 Å². The van der Waals surface area contributed by atoms with Crippen LogP contribution < -0.4 is 16.4 Å². The number of carbonyl (C=O) groups excluding carboxylic acids is 2. The lowest BCUT2D eigenvalue weighted by Crippen LogP contribution is -2.52. The second kappa shape index (κ2) is 8.79. The van der Waals surface area contributed by atoms with Gasteiger partial charge in [-0.25, -0.2) is 4.79 Å². The quantitative estimate of drug-likeness (QED) is 0.234. The highest BCUT2D eigenvalue weighted by Gasteiger charge is 2.30. The number of carboxylic acid groups (broad SMARTS) is 1. The highest BCUT2D eigenvalue weighted by atomic mass is 127. The average molecular weight is 673 g/mol. The van der Waals surface area contributed by atoms with Gasteiger partial charge in [0.1, 0.15) is 6.04 Å². The smallest absolute Gasteiger partial charge is 0.337 e. The predicted molar refractivity (Wildman–Crippen MR) is 113 cm³/mol. The fourth-order valence-electron chi connectivity index (χ4n) is 1.84. The van der Waals surface area contributed by atoms with Crippen LogP contribution in [-0.2, 0) is 4.79 Å². The van der Waals surface area contributed by atoms with Gasteiger partial charge in [0.25, 0.3) is 5.91 Å². The minimum absolute atomic E-state index is 0.0565. The highest BCUT2D eigenvalue weighted by molar-refractivity contribution is 14.1. The Labute approximate surface area is 178 Å². The predicted octanol–water partition coefficient (Wildman–Crippen LogP) is 1.01. The standard InChI is InChI=1S/C13H14I3N3O5/c1-3(20)10(12(22)18-2)19-11(21)4-6(14)5(13(23)24)8(16)9(17)7(4)15/h3,10,20H,17H2,1-2H3,(H,18,22)(H,19,21)(H,23,24). The first-order valence-electron chi connectivity index (χ1n) is 6.44. The summed E-state index contributed by atoms with van der Waals surface area (Å²) in [4.78, 5) is 35.8. The fraction of sp³-hybridized carbons (Fsp3) is 0.308. The third-order valence-corrected chi connectivity index (χ3v) is 6.41. The van der Waals surface area contributed by atoms with Gasteiger partial charge in [-0.3, -0.25) is 9.59 Å². The summed E-state index contributed by atoms with van der Waals surface area (Å²) >= 11 is 5.42. The lowest BCUT2D eigenvalue weighted by atomic mass is 10.1. The van der Waals surface area contributed by atoms with Crippen molar-refractivity contribution in [2.75, 3.05) is 12.8 Å². The van der Waals surface area contributed by atoms with Crippen LogP contribution >= 0.6 is 67.8 Å². The van der Waals surface area contributed by atoms with Gasteiger partial charge in [-0.1, -0.05) is 0 Å². The first-order chi connectivity index (χ1) is 11.0. The molecule has 0 saturated heterocycles. The van der Waals surface area contributed by atoms with E-state index in [9.17, 15) is 24.6 Å². The Morgan fingerprint density at radius 3 is 2.00 bits per heavy atom. The molecule has 1 aromatic carbocycles. The van der Waals surface area contributed by atoms with Gasteiger partial charge in [0, 0.05) is 10.6 Å². The molecule has 0 aliphatic carbocycles. The Morgan fingerprint density at radius 2 is 1.58 bits per heavy atom. The zero-order valence-electron chi connectivity index (χ0n) is 12.5. The number of likely N-dealkylation sites (N-methyl/N-ethyl adjacent to an activating group) is 1. The normalized spacial score (nSPS) is 13.1. The summed E-state index contributed by atoms with van der Waals surface area (Å²) in [6.45, 7) is 1.36. The zero-order chi connectivity index (χ0) is 18.8. The van der Waals surface area contributed by atoms with Crippen molar-refractivity contribution in [2.45, 2.75) is 19.1 Å². The number of aliphatic hydroxyl groups is 1. The van der Waals surface area contributed by atoms with Crippen LogP contribution in [-0.4, -0.2) is 47.2 Å². The van der Waals surface area contributed by atoms with Gasteiger partial charge in [0.15, 0.2) is 0 Å². The van der Waals surface area contributed by atoms with E-state index in [0.717, 1.165) is 0 Å².